The van der Waals surface area contributed by atoms with E-state index in [4.69, 9.17) is 4.74 Å². The molecule has 1 unspecified atom stereocenters. The van der Waals surface area contributed by atoms with Crippen LogP contribution in [0.3, 0.4) is 0 Å². The number of aromatic nitrogens is 2. The van der Waals surface area contributed by atoms with Gasteiger partial charge in [0.15, 0.2) is 0 Å². The molecule has 5 nitrogen and oxygen atoms in total. The number of para-hydroxylation sites is 1. The summed E-state index contributed by atoms with van der Waals surface area (Å²) in [5.41, 5.74) is 1.52. The highest BCUT2D eigenvalue weighted by atomic mass is 16.5. The molecule has 0 spiro atoms. The number of nitrogens with one attached hydrogen (secondary N) is 1. The highest BCUT2D eigenvalue weighted by Crippen LogP contribution is 2.28. The number of aromatic amines is 1. The van der Waals surface area contributed by atoms with Crippen molar-refractivity contribution < 1.29 is 9.53 Å². The molecule has 0 saturated carbocycles. The molecule has 2 aromatic rings. The minimum atomic E-state index is -0.0847. The Balaban J connectivity index is 2.23. The van der Waals surface area contributed by atoms with Crippen molar-refractivity contribution >= 4 is 5.91 Å². The van der Waals surface area contributed by atoms with Gasteiger partial charge in [-0.05, 0) is 13.0 Å². The third-order valence-electron chi connectivity index (χ3n) is 3.24. The molecule has 100 valence electrons. The van der Waals surface area contributed by atoms with Gasteiger partial charge >= 0.3 is 0 Å². The van der Waals surface area contributed by atoms with Gasteiger partial charge < -0.3 is 9.64 Å². The van der Waals surface area contributed by atoms with Crippen LogP contribution in [0.5, 0.6) is 5.75 Å². The second-order valence-corrected chi connectivity index (χ2v) is 4.32. The standard InChI is InChI=1S/C14H17N3O2/c1-10(12-6-4-5-7-13(12)19-3)17(2)14(18)11-8-15-16-9-11/h4-10H,1-3H3,(H,15,16). The molecule has 2 rings (SSSR count). The van der Waals surface area contributed by atoms with Crippen molar-refractivity contribution in [2.24, 2.45) is 0 Å². The number of hydrogen-bond donors (Lipinski definition) is 1. The third-order valence-corrected chi connectivity index (χ3v) is 3.24. The van der Waals surface area contributed by atoms with Gasteiger partial charge in [-0.2, -0.15) is 5.10 Å². The average molecular weight is 259 g/mol. The van der Waals surface area contributed by atoms with Gasteiger partial charge in [0.25, 0.3) is 5.91 Å². The summed E-state index contributed by atoms with van der Waals surface area (Å²) < 4.78 is 5.33. The van der Waals surface area contributed by atoms with Crippen LogP contribution >= 0.6 is 0 Å². The largest absolute Gasteiger partial charge is 0.496 e. The molecule has 0 saturated heterocycles. The number of methoxy groups -OCH3 is 1. The van der Waals surface area contributed by atoms with Gasteiger partial charge in [-0.1, -0.05) is 18.2 Å². The van der Waals surface area contributed by atoms with E-state index in [0.29, 0.717) is 5.56 Å². The molecule has 1 aromatic heterocycles. The van der Waals surface area contributed by atoms with Gasteiger partial charge in [0, 0.05) is 18.8 Å². The highest BCUT2D eigenvalue weighted by Gasteiger charge is 2.21. The van der Waals surface area contributed by atoms with Crippen LogP contribution < -0.4 is 4.74 Å². The maximum Gasteiger partial charge on any atom is 0.257 e. The van der Waals surface area contributed by atoms with E-state index >= 15 is 0 Å². The first-order valence-corrected chi connectivity index (χ1v) is 6.04. The Morgan fingerprint density at radius 3 is 2.79 bits per heavy atom. The van der Waals surface area contributed by atoms with Gasteiger partial charge in [0.1, 0.15) is 5.75 Å². The second kappa shape index (κ2) is 5.56. The lowest BCUT2D eigenvalue weighted by atomic mass is 10.1. The summed E-state index contributed by atoms with van der Waals surface area (Å²) in [6.45, 7) is 1.97. The molecule has 1 amide bonds. The summed E-state index contributed by atoms with van der Waals surface area (Å²) in [7, 11) is 3.40. The van der Waals surface area contributed by atoms with Crippen LogP contribution in [-0.2, 0) is 0 Å². The predicted octanol–water partition coefficient (Wildman–Crippen LogP) is 2.25. The molecular formula is C14H17N3O2. The molecule has 1 heterocycles. The van der Waals surface area contributed by atoms with E-state index in [1.54, 1.807) is 25.3 Å². The summed E-state index contributed by atoms with van der Waals surface area (Å²) >= 11 is 0. The molecular weight excluding hydrogens is 242 g/mol. The molecule has 0 aliphatic carbocycles. The fraction of sp³-hybridized carbons (Fsp3) is 0.286. The molecule has 1 aromatic carbocycles. The minimum absolute atomic E-state index is 0.0767. The van der Waals surface area contributed by atoms with Gasteiger partial charge in [-0.15, -0.1) is 0 Å². The van der Waals surface area contributed by atoms with Crippen molar-refractivity contribution in [3.05, 3.63) is 47.8 Å². The predicted molar refractivity (Wildman–Crippen MR) is 72.1 cm³/mol. The van der Waals surface area contributed by atoms with E-state index in [-0.39, 0.29) is 11.9 Å². The number of rotatable bonds is 4. The maximum atomic E-state index is 12.2. The van der Waals surface area contributed by atoms with Crippen molar-refractivity contribution in [2.45, 2.75) is 13.0 Å². The van der Waals surface area contributed by atoms with Gasteiger partial charge in [0.05, 0.1) is 24.9 Å². The van der Waals surface area contributed by atoms with E-state index in [1.807, 2.05) is 31.2 Å². The SMILES string of the molecule is COc1ccccc1C(C)N(C)C(=O)c1cn[nH]c1. The number of amides is 1. The Morgan fingerprint density at radius 2 is 2.16 bits per heavy atom. The van der Waals surface area contributed by atoms with Crippen LogP contribution in [0.25, 0.3) is 0 Å². The van der Waals surface area contributed by atoms with Crippen molar-refractivity contribution in [3.63, 3.8) is 0 Å². The van der Waals surface area contributed by atoms with Crippen LogP contribution in [-0.4, -0.2) is 35.2 Å². The lowest BCUT2D eigenvalue weighted by molar-refractivity contribution is 0.0741. The second-order valence-electron chi connectivity index (χ2n) is 4.32. The summed E-state index contributed by atoms with van der Waals surface area (Å²) in [6, 6.07) is 7.61. The molecule has 0 radical (unpaired) electrons. The highest BCUT2D eigenvalue weighted by molar-refractivity contribution is 5.93. The zero-order valence-corrected chi connectivity index (χ0v) is 11.3. The minimum Gasteiger partial charge on any atom is -0.496 e. The summed E-state index contributed by atoms with van der Waals surface area (Å²) in [5, 5.41) is 6.44. The number of hydrogen-bond acceptors (Lipinski definition) is 3. The van der Waals surface area contributed by atoms with Crippen LogP contribution in [0.2, 0.25) is 0 Å². The summed E-state index contributed by atoms with van der Waals surface area (Å²) in [4.78, 5) is 13.9. The van der Waals surface area contributed by atoms with Gasteiger partial charge in [-0.3, -0.25) is 9.89 Å². The quantitative estimate of drug-likeness (QED) is 0.916. The van der Waals surface area contributed by atoms with E-state index in [0.717, 1.165) is 11.3 Å². The third kappa shape index (κ3) is 2.59. The van der Waals surface area contributed by atoms with Crippen LogP contribution in [0, 0.1) is 0 Å². The topological polar surface area (TPSA) is 58.2 Å². The summed E-state index contributed by atoms with van der Waals surface area (Å²) in [5.74, 6) is 0.703. The molecule has 1 N–H and O–H groups in total. The fourth-order valence-electron chi connectivity index (χ4n) is 1.97. The van der Waals surface area contributed by atoms with E-state index in [2.05, 4.69) is 10.2 Å². The van der Waals surface area contributed by atoms with Gasteiger partial charge in [0.2, 0.25) is 0 Å². The summed E-state index contributed by atoms with van der Waals surface area (Å²) in [6.07, 6.45) is 3.11. The van der Waals surface area contributed by atoms with Crippen LogP contribution in [0.1, 0.15) is 28.9 Å². The van der Waals surface area contributed by atoms with Crippen molar-refractivity contribution in [2.75, 3.05) is 14.2 Å². The van der Waals surface area contributed by atoms with E-state index < -0.39 is 0 Å². The molecule has 1 atom stereocenters. The molecule has 0 aliphatic heterocycles. The molecule has 19 heavy (non-hydrogen) atoms. The first-order chi connectivity index (χ1) is 9.15. The first-order valence-electron chi connectivity index (χ1n) is 6.04. The molecule has 5 heteroatoms. The monoisotopic (exact) mass is 259 g/mol. The van der Waals surface area contributed by atoms with E-state index in [9.17, 15) is 4.79 Å². The Labute approximate surface area is 112 Å². The Hall–Kier alpha value is -2.30. The number of ether oxygens (including phenoxy) is 1. The molecule has 0 aliphatic rings. The smallest absolute Gasteiger partial charge is 0.257 e. The normalized spacial score (nSPS) is 11.9. The van der Waals surface area contributed by atoms with Crippen LogP contribution in [0.15, 0.2) is 36.7 Å². The van der Waals surface area contributed by atoms with Crippen molar-refractivity contribution in [3.8, 4) is 5.75 Å². The lowest BCUT2D eigenvalue weighted by Crippen LogP contribution is -2.29. The Bertz CT molecular complexity index is 552. The number of carbonyl (C=O) groups excluding carboxylic acids is 1. The Morgan fingerprint density at radius 1 is 1.42 bits per heavy atom. The zero-order valence-electron chi connectivity index (χ0n) is 11.3. The number of benzene rings is 1. The lowest BCUT2D eigenvalue weighted by Gasteiger charge is -2.26. The van der Waals surface area contributed by atoms with Crippen molar-refractivity contribution in [1.82, 2.24) is 15.1 Å². The maximum absolute atomic E-state index is 12.2. The molecule has 0 fully saturated rings. The van der Waals surface area contributed by atoms with Crippen LogP contribution in [0.4, 0.5) is 0 Å². The Kier molecular flexibility index (Phi) is 3.85. The number of H-pyrrole nitrogens is 1. The van der Waals surface area contributed by atoms with Gasteiger partial charge in [-0.25, -0.2) is 0 Å². The molecule has 0 bridgehead atoms. The van der Waals surface area contributed by atoms with E-state index in [1.165, 1.54) is 6.20 Å². The van der Waals surface area contributed by atoms with Crippen molar-refractivity contribution in [1.29, 1.82) is 0 Å². The average Bonchev–Trinajstić information content (AvgIpc) is 2.99. The zero-order chi connectivity index (χ0) is 13.8. The number of carbonyl (C=O) groups is 1. The fourth-order valence-corrected chi connectivity index (χ4v) is 1.97. The number of nitrogens with zero attached hydrogens (tertiary/aromatic N) is 2. The first kappa shape index (κ1) is 13.1.